The molecule has 0 radical (unpaired) electrons. The van der Waals surface area contributed by atoms with Gasteiger partial charge in [0.15, 0.2) is 0 Å². The summed E-state index contributed by atoms with van der Waals surface area (Å²) < 4.78 is 0. The van der Waals surface area contributed by atoms with Crippen LogP contribution in [0, 0.1) is 0 Å². The Kier molecular flexibility index (Phi) is 5.79. The van der Waals surface area contributed by atoms with Crippen LogP contribution < -0.4 is 5.32 Å². The number of likely N-dealkylation sites (N-methyl/N-ethyl adjacent to an activating group) is 1. The van der Waals surface area contributed by atoms with Crippen molar-refractivity contribution in [1.29, 1.82) is 0 Å². The minimum absolute atomic E-state index is 0.170. The van der Waals surface area contributed by atoms with Crippen molar-refractivity contribution in [2.45, 2.75) is 26.1 Å². The quantitative estimate of drug-likeness (QED) is 0.385. The predicted molar refractivity (Wildman–Crippen MR) is 142 cm³/mol. The van der Waals surface area contributed by atoms with Crippen molar-refractivity contribution in [1.82, 2.24) is 19.8 Å². The molecule has 4 heterocycles. The number of aromatic amines is 1. The molecule has 0 atom stereocenters. The van der Waals surface area contributed by atoms with Gasteiger partial charge in [-0.25, -0.2) is 9.78 Å². The number of nitrogens with one attached hydrogen (secondary N) is 2. The van der Waals surface area contributed by atoms with Crippen molar-refractivity contribution in [2.24, 2.45) is 0 Å². The summed E-state index contributed by atoms with van der Waals surface area (Å²) in [5.74, 6) is 0. The van der Waals surface area contributed by atoms with Crippen LogP contribution >= 0.6 is 0 Å². The summed E-state index contributed by atoms with van der Waals surface area (Å²) >= 11 is 0. The standard InChI is InChI=1S/C29H29N5O2/c1-33-13-10-19(11-14-33)27-15-24-23(9-12-30-28(24)31-27)22-7-4-8-26(25(22)18-35)32-29(36)34-16-20-5-2-3-6-21(20)17-34/h2-10,12,15,35H,11,13-14,16-18H2,1H3,(H,30,31)(H,32,36). The average molecular weight is 480 g/mol. The van der Waals surface area contributed by atoms with E-state index in [4.69, 9.17) is 0 Å². The van der Waals surface area contributed by atoms with Gasteiger partial charge in [0.1, 0.15) is 5.65 Å². The normalized spacial score (nSPS) is 15.7. The SMILES string of the molecule is CN1CC=C(c2cc3c(-c4cccc(NC(=O)N5Cc6ccccc6C5)c4CO)ccnc3[nH]2)CC1. The van der Waals surface area contributed by atoms with Crippen LogP contribution in [0.5, 0.6) is 0 Å². The van der Waals surface area contributed by atoms with Crippen LogP contribution in [-0.4, -0.2) is 51.0 Å². The van der Waals surface area contributed by atoms with E-state index in [1.54, 1.807) is 11.1 Å². The summed E-state index contributed by atoms with van der Waals surface area (Å²) in [6.45, 7) is 2.94. The van der Waals surface area contributed by atoms with Crippen molar-refractivity contribution in [3.8, 4) is 11.1 Å². The summed E-state index contributed by atoms with van der Waals surface area (Å²) in [6.07, 6.45) is 5.04. The van der Waals surface area contributed by atoms with Crippen molar-refractivity contribution >= 4 is 28.3 Å². The largest absolute Gasteiger partial charge is 0.392 e. The molecule has 2 aromatic heterocycles. The number of hydrogen-bond donors (Lipinski definition) is 3. The van der Waals surface area contributed by atoms with Gasteiger partial charge >= 0.3 is 6.03 Å². The molecular formula is C29H29N5O2. The molecule has 2 amide bonds. The first-order chi connectivity index (χ1) is 17.6. The molecule has 0 saturated heterocycles. The summed E-state index contributed by atoms with van der Waals surface area (Å²) in [6, 6.07) is 17.8. The number of urea groups is 1. The van der Waals surface area contributed by atoms with E-state index in [0.717, 1.165) is 47.4 Å². The highest BCUT2D eigenvalue weighted by Crippen LogP contribution is 2.36. The average Bonchev–Trinajstić information content (AvgIpc) is 3.53. The number of fused-ring (bicyclic) bond motifs is 2. The fourth-order valence-electron chi connectivity index (χ4n) is 5.25. The second-order valence-corrected chi connectivity index (χ2v) is 9.59. The van der Waals surface area contributed by atoms with Gasteiger partial charge in [-0.2, -0.15) is 0 Å². The first-order valence-electron chi connectivity index (χ1n) is 12.3. The van der Waals surface area contributed by atoms with Crippen molar-refractivity contribution in [3.63, 3.8) is 0 Å². The first-order valence-corrected chi connectivity index (χ1v) is 12.3. The molecule has 0 aliphatic carbocycles. The number of hydrogen-bond acceptors (Lipinski definition) is 4. The van der Waals surface area contributed by atoms with E-state index >= 15 is 0 Å². The predicted octanol–water partition coefficient (Wildman–Crippen LogP) is 4.99. The topological polar surface area (TPSA) is 84.5 Å². The summed E-state index contributed by atoms with van der Waals surface area (Å²) in [7, 11) is 2.13. The number of carbonyl (C=O) groups excluding carboxylic acids is 1. The minimum Gasteiger partial charge on any atom is -0.392 e. The lowest BCUT2D eigenvalue weighted by Gasteiger charge is -2.21. The number of amides is 2. The number of anilines is 1. The minimum atomic E-state index is -0.190. The van der Waals surface area contributed by atoms with Gasteiger partial charge in [-0.3, -0.25) is 0 Å². The summed E-state index contributed by atoms with van der Waals surface area (Å²) in [5.41, 5.74) is 8.71. The number of aliphatic hydroxyl groups excluding tert-OH is 1. The maximum atomic E-state index is 13.1. The van der Waals surface area contributed by atoms with Gasteiger partial charge in [-0.15, -0.1) is 0 Å². The van der Waals surface area contributed by atoms with Crippen molar-refractivity contribution in [3.05, 3.63) is 89.3 Å². The smallest absolute Gasteiger partial charge is 0.322 e. The lowest BCUT2D eigenvalue weighted by molar-refractivity contribution is 0.212. The molecule has 2 aliphatic heterocycles. The van der Waals surface area contributed by atoms with Gasteiger partial charge in [0.2, 0.25) is 0 Å². The summed E-state index contributed by atoms with van der Waals surface area (Å²) in [4.78, 5) is 25.3. The number of aliphatic hydroxyl groups is 1. The Labute approximate surface area is 210 Å². The zero-order valence-electron chi connectivity index (χ0n) is 20.3. The van der Waals surface area contributed by atoms with Gasteiger partial charge in [0.25, 0.3) is 0 Å². The van der Waals surface area contributed by atoms with Crippen LogP contribution in [0.4, 0.5) is 10.5 Å². The fraction of sp³-hybridized carbons (Fsp3) is 0.241. The Morgan fingerprint density at radius 2 is 1.89 bits per heavy atom. The molecular weight excluding hydrogens is 450 g/mol. The lowest BCUT2D eigenvalue weighted by Crippen LogP contribution is -2.30. The molecule has 4 aromatic rings. The van der Waals surface area contributed by atoms with E-state index in [1.165, 1.54) is 16.7 Å². The third-order valence-corrected chi connectivity index (χ3v) is 7.28. The number of rotatable bonds is 4. The van der Waals surface area contributed by atoms with Gasteiger partial charge in [0, 0.05) is 54.7 Å². The summed E-state index contributed by atoms with van der Waals surface area (Å²) in [5, 5.41) is 14.4. The Bertz CT molecular complexity index is 1460. The Morgan fingerprint density at radius 3 is 2.61 bits per heavy atom. The number of benzene rings is 2. The first kappa shape index (κ1) is 22.5. The third-order valence-electron chi connectivity index (χ3n) is 7.28. The zero-order chi connectivity index (χ0) is 24.6. The molecule has 182 valence electrons. The number of pyridine rings is 1. The molecule has 2 aromatic carbocycles. The zero-order valence-corrected chi connectivity index (χ0v) is 20.3. The van der Waals surface area contributed by atoms with E-state index in [-0.39, 0.29) is 12.6 Å². The van der Waals surface area contributed by atoms with Gasteiger partial charge in [-0.05, 0) is 59.5 Å². The van der Waals surface area contributed by atoms with Crippen LogP contribution in [0.2, 0.25) is 0 Å². The number of carbonyl (C=O) groups is 1. The van der Waals surface area contributed by atoms with Crippen LogP contribution in [-0.2, 0) is 19.7 Å². The molecule has 7 nitrogen and oxygen atoms in total. The number of aromatic nitrogens is 2. The fourth-order valence-corrected chi connectivity index (χ4v) is 5.25. The highest BCUT2D eigenvalue weighted by Gasteiger charge is 2.24. The van der Waals surface area contributed by atoms with E-state index < -0.39 is 0 Å². The van der Waals surface area contributed by atoms with Crippen LogP contribution in [0.15, 0.2) is 66.9 Å². The number of nitrogens with zero attached hydrogens (tertiary/aromatic N) is 3. The lowest BCUT2D eigenvalue weighted by atomic mass is 9.96. The molecule has 2 aliphatic rings. The monoisotopic (exact) mass is 479 g/mol. The Hall–Kier alpha value is -3.94. The Balaban J connectivity index is 1.32. The third kappa shape index (κ3) is 4.06. The van der Waals surface area contributed by atoms with Crippen molar-refractivity contribution in [2.75, 3.05) is 25.5 Å². The van der Waals surface area contributed by atoms with Crippen molar-refractivity contribution < 1.29 is 9.90 Å². The van der Waals surface area contributed by atoms with Crippen LogP contribution in [0.1, 0.15) is 28.8 Å². The Morgan fingerprint density at radius 1 is 1.08 bits per heavy atom. The number of H-pyrrole nitrogens is 1. The maximum absolute atomic E-state index is 13.1. The molecule has 36 heavy (non-hydrogen) atoms. The van der Waals surface area contributed by atoms with E-state index in [1.807, 2.05) is 36.4 Å². The molecule has 0 bridgehead atoms. The van der Waals surface area contributed by atoms with Gasteiger partial charge < -0.3 is 25.2 Å². The van der Waals surface area contributed by atoms with Gasteiger partial charge in [-0.1, -0.05) is 42.5 Å². The van der Waals surface area contributed by atoms with Gasteiger partial charge in [0.05, 0.1) is 6.61 Å². The molecule has 3 N–H and O–H groups in total. The second-order valence-electron chi connectivity index (χ2n) is 9.59. The molecule has 0 spiro atoms. The van der Waals surface area contributed by atoms with E-state index in [9.17, 15) is 9.90 Å². The molecule has 6 rings (SSSR count). The highest BCUT2D eigenvalue weighted by molar-refractivity contribution is 5.98. The van der Waals surface area contributed by atoms with E-state index in [2.05, 4.69) is 51.5 Å². The molecule has 0 saturated carbocycles. The molecule has 0 unspecified atom stereocenters. The highest BCUT2D eigenvalue weighted by atomic mass is 16.3. The molecule has 7 heteroatoms. The van der Waals surface area contributed by atoms with Crippen LogP contribution in [0.25, 0.3) is 27.7 Å². The second kappa shape index (κ2) is 9.26. The molecule has 0 fully saturated rings. The van der Waals surface area contributed by atoms with Crippen LogP contribution in [0.3, 0.4) is 0 Å². The van der Waals surface area contributed by atoms with E-state index in [0.29, 0.717) is 24.3 Å². The maximum Gasteiger partial charge on any atom is 0.322 e.